The molecule has 0 aliphatic heterocycles. The molecule has 1 aromatic heterocycles. The molecule has 0 saturated carbocycles. The van der Waals surface area contributed by atoms with Gasteiger partial charge in [0.05, 0.1) is 11.4 Å². The van der Waals surface area contributed by atoms with Crippen molar-refractivity contribution >= 4 is 43.4 Å². The number of fused-ring (bicyclic) bond motifs is 3. The summed E-state index contributed by atoms with van der Waals surface area (Å²) in [5, 5.41) is 5.01. The van der Waals surface area contributed by atoms with Crippen LogP contribution >= 0.6 is 0 Å². The number of carbonyl (C=O) groups excluding carboxylic acids is 1. The largest absolute Gasteiger partial charge is 0.341 e. The molecule has 7 heteroatoms. The van der Waals surface area contributed by atoms with Crippen LogP contribution in [0.4, 0.5) is 5.69 Å². The van der Waals surface area contributed by atoms with Crippen molar-refractivity contribution in [3.8, 4) is 0 Å². The van der Waals surface area contributed by atoms with Crippen LogP contribution in [0.25, 0.3) is 21.8 Å². The number of sulfonamides is 1. The van der Waals surface area contributed by atoms with Crippen molar-refractivity contribution in [2.24, 2.45) is 0 Å². The summed E-state index contributed by atoms with van der Waals surface area (Å²) in [4.78, 5) is 12.8. The number of aryl methyl sites for hydroxylation is 2. The van der Waals surface area contributed by atoms with Gasteiger partial charge in [-0.3, -0.25) is 4.79 Å². The van der Waals surface area contributed by atoms with Gasteiger partial charge in [-0.25, -0.2) is 8.42 Å². The van der Waals surface area contributed by atoms with Gasteiger partial charge in [0.15, 0.2) is 0 Å². The zero-order chi connectivity index (χ0) is 22.2. The van der Waals surface area contributed by atoms with Gasteiger partial charge in [-0.1, -0.05) is 35.9 Å². The minimum Gasteiger partial charge on any atom is -0.341 e. The number of benzene rings is 3. The van der Waals surface area contributed by atoms with Crippen LogP contribution in [0, 0.1) is 6.92 Å². The molecule has 1 N–H and O–H groups in total. The molecular formula is C24H25N3O3S. The predicted molar refractivity (Wildman–Crippen MR) is 125 cm³/mol. The average molecular weight is 436 g/mol. The number of likely N-dealkylation sites (N-methyl/N-ethyl adjacent to an activating group) is 1. The Labute approximate surface area is 182 Å². The number of nitrogens with zero attached hydrogens (tertiary/aromatic N) is 2. The molecule has 0 saturated heterocycles. The van der Waals surface area contributed by atoms with Gasteiger partial charge in [-0.15, -0.1) is 0 Å². The zero-order valence-corrected chi connectivity index (χ0v) is 18.6. The van der Waals surface area contributed by atoms with E-state index in [0.717, 1.165) is 38.2 Å². The summed E-state index contributed by atoms with van der Waals surface area (Å²) >= 11 is 0. The predicted octanol–water partition coefficient (Wildman–Crippen LogP) is 4.38. The van der Waals surface area contributed by atoms with Crippen molar-refractivity contribution in [1.82, 2.24) is 8.87 Å². The second-order valence-corrected chi connectivity index (χ2v) is 9.66. The molecule has 6 nitrogen and oxygen atoms in total. The van der Waals surface area contributed by atoms with Crippen LogP contribution in [-0.4, -0.2) is 36.8 Å². The molecule has 1 heterocycles. The smallest absolute Gasteiger partial charge is 0.243 e. The highest BCUT2D eigenvalue weighted by atomic mass is 32.2. The van der Waals surface area contributed by atoms with Crippen LogP contribution in [-0.2, 0) is 21.4 Å². The maximum absolute atomic E-state index is 12.7. The van der Waals surface area contributed by atoms with Crippen molar-refractivity contribution in [3.05, 3.63) is 72.3 Å². The maximum Gasteiger partial charge on any atom is 0.243 e. The number of hydrogen-bond donors (Lipinski definition) is 1. The van der Waals surface area contributed by atoms with Crippen LogP contribution in [0.1, 0.15) is 12.5 Å². The third-order valence-electron chi connectivity index (χ3n) is 5.47. The van der Waals surface area contributed by atoms with Crippen LogP contribution in [0.2, 0.25) is 0 Å². The second kappa shape index (κ2) is 8.17. The lowest BCUT2D eigenvalue weighted by Crippen LogP contribution is -2.34. The number of amides is 1. The molecule has 1 amide bonds. The van der Waals surface area contributed by atoms with Crippen molar-refractivity contribution in [2.45, 2.75) is 25.3 Å². The fraction of sp³-hybridized carbons (Fsp3) is 0.208. The Morgan fingerprint density at radius 3 is 2.35 bits per heavy atom. The van der Waals surface area contributed by atoms with E-state index in [0.29, 0.717) is 5.69 Å². The molecular weight excluding hydrogens is 410 g/mol. The number of nitrogens with one attached hydrogen (secondary N) is 1. The van der Waals surface area contributed by atoms with Gasteiger partial charge < -0.3 is 9.88 Å². The Balaban J connectivity index is 1.56. The third kappa shape index (κ3) is 3.94. The van der Waals surface area contributed by atoms with Gasteiger partial charge >= 0.3 is 0 Å². The summed E-state index contributed by atoms with van der Waals surface area (Å²) in [5.41, 5.74) is 3.85. The van der Waals surface area contributed by atoms with Crippen molar-refractivity contribution in [1.29, 1.82) is 0 Å². The summed E-state index contributed by atoms with van der Waals surface area (Å²) in [6.07, 6.45) is 0. The Morgan fingerprint density at radius 1 is 0.968 bits per heavy atom. The topological polar surface area (TPSA) is 71.4 Å². The number of hydrogen-bond acceptors (Lipinski definition) is 3. The lowest BCUT2D eigenvalue weighted by molar-refractivity contribution is -0.116. The first-order chi connectivity index (χ1) is 14.8. The van der Waals surface area contributed by atoms with E-state index >= 15 is 0 Å². The van der Waals surface area contributed by atoms with Crippen LogP contribution < -0.4 is 5.32 Å². The maximum atomic E-state index is 12.7. The molecule has 0 aliphatic carbocycles. The third-order valence-corrected chi connectivity index (χ3v) is 7.29. The minimum atomic E-state index is -3.74. The Hall–Kier alpha value is -3.16. The molecule has 160 valence electrons. The SMILES string of the molecule is CCn1c2ccccc2c2cc(NC(=O)CN(C)S(=O)(=O)c3ccc(C)cc3)ccc21. The molecule has 3 aromatic carbocycles. The van der Waals surface area contributed by atoms with E-state index in [1.165, 1.54) is 7.05 Å². The van der Waals surface area contributed by atoms with E-state index in [1.807, 2.05) is 37.3 Å². The molecule has 4 aromatic rings. The van der Waals surface area contributed by atoms with E-state index in [9.17, 15) is 13.2 Å². The number of rotatable bonds is 6. The van der Waals surface area contributed by atoms with Gasteiger partial charge in [0.2, 0.25) is 15.9 Å². The first kappa shape index (κ1) is 21.1. The van der Waals surface area contributed by atoms with Crippen molar-refractivity contribution < 1.29 is 13.2 Å². The summed E-state index contributed by atoms with van der Waals surface area (Å²) < 4.78 is 28.8. The normalized spacial score (nSPS) is 12.0. The lowest BCUT2D eigenvalue weighted by atomic mass is 10.1. The monoisotopic (exact) mass is 435 g/mol. The van der Waals surface area contributed by atoms with Crippen LogP contribution in [0.15, 0.2) is 71.6 Å². The van der Waals surface area contributed by atoms with Gasteiger partial charge in [0.25, 0.3) is 0 Å². The van der Waals surface area contributed by atoms with E-state index in [-0.39, 0.29) is 11.4 Å². The number of carbonyl (C=O) groups is 1. The Morgan fingerprint density at radius 2 is 1.65 bits per heavy atom. The molecule has 0 spiro atoms. The van der Waals surface area contributed by atoms with Gasteiger partial charge in [-0.2, -0.15) is 4.31 Å². The number of para-hydroxylation sites is 1. The summed E-state index contributed by atoms with van der Waals surface area (Å²) in [5.74, 6) is -0.392. The molecule has 0 bridgehead atoms. The standard InChI is InChI=1S/C24H25N3O3S/c1-4-27-22-8-6-5-7-20(22)21-15-18(11-14-23(21)27)25-24(28)16-26(3)31(29,30)19-12-9-17(2)10-13-19/h5-15H,4,16H2,1-3H3,(H,25,28). The van der Waals surface area contributed by atoms with E-state index < -0.39 is 15.9 Å². The number of aromatic nitrogens is 1. The number of anilines is 1. The van der Waals surface area contributed by atoms with Crippen LogP contribution in [0.3, 0.4) is 0 Å². The molecule has 31 heavy (non-hydrogen) atoms. The molecule has 0 radical (unpaired) electrons. The highest BCUT2D eigenvalue weighted by Crippen LogP contribution is 2.31. The van der Waals surface area contributed by atoms with Gasteiger partial charge in [0.1, 0.15) is 0 Å². The van der Waals surface area contributed by atoms with E-state index in [2.05, 4.69) is 28.9 Å². The first-order valence-corrected chi connectivity index (χ1v) is 11.6. The zero-order valence-electron chi connectivity index (χ0n) is 17.8. The van der Waals surface area contributed by atoms with Crippen molar-refractivity contribution in [2.75, 3.05) is 18.9 Å². The van der Waals surface area contributed by atoms with Gasteiger partial charge in [0, 0.05) is 41.1 Å². The molecule has 0 fully saturated rings. The second-order valence-electron chi connectivity index (χ2n) is 7.62. The molecule has 0 aliphatic rings. The highest BCUT2D eigenvalue weighted by Gasteiger charge is 2.23. The Kier molecular flexibility index (Phi) is 5.56. The fourth-order valence-corrected chi connectivity index (χ4v) is 4.98. The molecule has 0 atom stereocenters. The summed E-state index contributed by atoms with van der Waals surface area (Å²) in [7, 11) is -2.33. The average Bonchev–Trinajstić information content (AvgIpc) is 3.07. The highest BCUT2D eigenvalue weighted by molar-refractivity contribution is 7.89. The van der Waals surface area contributed by atoms with Crippen molar-refractivity contribution in [3.63, 3.8) is 0 Å². The summed E-state index contributed by atoms with van der Waals surface area (Å²) in [6.45, 7) is 4.57. The quantitative estimate of drug-likeness (QED) is 0.488. The minimum absolute atomic E-state index is 0.169. The first-order valence-electron chi connectivity index (χ1n) is 10.1. The molecule has 4 rings (SSSR count). The van der Waals surface area contributed by atoms with E-state index in [1.54, 1.807) is 24.3 Å². The Bertz CT molecular complexity index is 1370. The lowest BCUT2D eigenvalue weighted by Gasteiger charge is -2.17. The van der Waals surface area contributed by atoms with Crippen LogP contribution in [0.5, 0.6) is 0 Å². The van der Waals surface area contributed by atoms with E-state index in [4.69, 9.17) is 0 Å². The summed E-state index contributed by atoms with van der Waals surface area (Å²) in [6, 6.07) is 20.5. The fourth-order valence-electron chi connectivity index (χ4n) is 3.85. The molecule has 0 unspecified atom stereocenters. The van der Waals surface area contributed by atoms with Gasteiger partial charge in [-0.05, 0) is 50.2 Å².